The third kappa shape index (κ3) is 2.80. The Kier molecular flexibility index (Phi) is 3.95. The monoisotopic (exact) mass is 362 g/mol. The molecule has 1 aromatic carbocycles. The number of hydrogen-bond acceptors (Lipinski definition) is 3. The molecule has 21 heavy (non-hydrogen) atoms. The van der Waals surface area contributed by atoms with Gasteiger partial charge in [0.2, 0.25) is 0 Å². The van der Waals surface area contributed by atoms with Gasteiger partial charge in [-0.3, -0.25) is 9.36 Å². The van der Waals surface area contributed by atoms with Crippen LogP contribution in [-0.2, 0) is 6.54 Å². The first kappa shape index (κ1) is 14.5. The topological polar surface area (TPSA) is 34.9 Å². The normalized spacial score (nSPS) is 11.4. The molecule has 3 nitrogen and oxygen atoms in total. The van der Waals surface area contributed by atoms with Gasteiger partial charge in [0.05, 0.1) is 11.7 Å². The highest BCUT2D eigenvalue weighted by atomic mass is 79.9. The van der Waals surface area contributed by atoms with Crippen molar-refractivity contribution in [1.82, 2.24) is 9.55 Å². The summed E-state index contributed by atoms with van der Waals surface area (Å²) in [5.41, 5.74) is 2.07. The van der Waals surface area contributed by atoms with Crippen molar-refractivity contribution < 1.29 is 0 Å². The molecule has 0 saturated carbocycles. The molecule has 0 bridgehead atoms. The number of hydrogen-bond donors (Lipinski definition) is 0. The zero-order chi connectivity index (χ0) is 15.0. The number of nitrogens with zero attached hydrogens (tertiary/aromatic N) is 2. The standard InChI is InChI=1S/C16H15BrN2OS/c1-10(2)7-19-9-18-15-14(16(19)20)13(8-21-15)11-3-5-12(17)6-4-11/h3-6,8-10H,7H2,1-2H3. The summed E-state index contributed by atoms with van der Waals surface area (Å²) in [7, 11) is 0. The second kappa shape index (κ2) is 5.73. The van der Waals surface area contributed by atoms with Gasteiger partial charge in [-0.2, -0.15) is 0 Å². The second-order valence-electron chi connectivity index (χ2n) is 5.43. The van der Waals surface area contributed by atoms with Crippen LogP contribution in [0.3, 0.4) is 0 Å². The largest absolute Gasteiger partial charge is 0.298 e. The van der Waals surface area contributed by atoms with Gasteiger partial charge in [0.1, 0.15) is 4.83 Å². The van der Waals surface area contributed by atoms with Crippen LogP contribution in [0.4, 0.5) is 0 Å². The molecule has 0 fully saturated rings. The minimum atomic E-state index is 0.0490. The van der Waals surface area contributed by atoms with E-state index in [4.69, 9.17) is 0 Å². The summed E-state index contributed by atoms with van der Waals surface area (Å²) in [6.07, 6.45) is 1.66. The number of halogens is 1. The number of fused-ring (bicyclic) bond motifs is 1. The molecule has 0 spiro atoms. The first-order valence-corrected chi connectivity index (χ1v) is 8.46. The molecule has 0 aliphatic carbocycles. The van der Waals surface area contributed by atoms with Gasteiger partial charge < -0.3 is 0 Å². The average Bonchev–Trinajstić information content (AvgIpc) is 2.87. The van der Waals surface area contributed by atoms with E-state index < -0.39 is 0 Å². The fourth-order valence-corrected chi connectivity index (χ4v) is 3.50. The Morgan fingerprint density at radius 2 is 2.00 bits per heavy atom. The summed E-state index contributed by atoms with van der Waals surface area (Å²) in [6, 6.07) is 8.01. The van der Waals surface area contributed by atoms with E-state index in [-0.39, 0.29) is 5.56 Å². The number of thiophene rings is 1. The second-order valence-corrected chi connectivity index (χ2v) is 7.21. The van der Waals surface area contributed by atoms with Gasteiger partial charge in [-0.15, -0.1) is 11.3 Å². The van der Waals surface area contributed by atoms with Gasteiger partial charge in [0.15, 0.2) is 0 Å². The van der Waals surface area contributed by atoms with Crippen LogP contribution in [0.2, 0.25) is 0 Å². The molecule has 0 saturated heterocycles. The van der Waals surface area contributed by atoms with E-state index in [1.165, 1.54) is 11.3 Å². The molecule has 0 amide bonds. The quantitative estimate of drug-likeness (QED) is 0.685. The highest BCUT2D eigenvalue weighted by Crippen LogP contribution is 2.31. The van der Waals surface area contributed by atoms with Crippen LogP contribution in [0, 0.1) is 5.92 Å². The minimum Gasteiger partial charge on any atom is -0.298 e. The van der Waals surface area contributed by atoms with Crippen LogP contribution in [0.5, 0.6) is 0 Å². The van der Waals surface area contributed by atoms with E-state index in [1.807, 2.05) is 29.6 Å². The third-order valence-electron chi connectivity index (χ3n) is 3.28. The van der Waals surface area contributed by atoms with Gasteiger partial charge in [0, 0.05) is 22.0 Å². The van der Waals surface area contributed by atoms with Crippen LogP contribution in [0.25, 0.3) is 21.3 Å². The van der Waals surface area contributed by atoms with Crippen molar-refractivity contribution in [1.29, 1.82) is 0 Å². The maximum Gasteiger partial charge on any atom is 0.262 e. The molecule has 108 valence electrons. The van der Waals surface area contributed by atoms with E-state index >= 15 is 0 Å². The molecule has 2 heterocycles. The maximum absolute atomic E-state index is 12.7. The molecule has 5 heteroatoms. The van der Waals surface area contributed by atoms with Crippen molar-refractivity contribution in [3.63, 3.8) is 0 Å². The first-order chi connectivity index (χ1) is 10.1. The Hall–Kier alpha value is -1.46. The lowest BCUT2D eigenvalue weighted by molar-refractivity contribution is 0.508. The van der Waals surface area contributed by atoms with Crippen LogP contribution >= 0.6 is 27.3 Å². The maximum atomic E-state index is 12.7. The fourth-order valence-electron chi connectivity index (χ4n) is 2.33. The van der Waals surface area contributed by atoms with Crippen LogP contribution < -0.4 is 5.56 Å². The van der Waals surface area contributed by atoms with Gasteiger partial charge in [-0.25, -0.2) is 4.98 Å². The first-order valence-electron chi connectivity index (χ1n) is 6.79. The lowest BCUT2D eigenvalue weighted by Crippen LogP contribution is -2.22. The van der Waals surface area contributed by atoms with Crippen molar-refractivity contribution in [2.24, 2.45) is 5.92 Å². The third-order valence-corrected chi connectivity index (χ3v) is 4.69. The highest BCUT2D eigenvalue weighted by Gasteiger charge is 2.13. The number of benzene rings is 1. The summed E-state index contributed by atoms with van der Waals surface area (Å²) >= 11 is 4.95. The molecular formula is C16H15BrN2OS. The van der Waals surface area contributed by atoms with Gasteiger partial charge in [0.25, 0.3) is 5.56 Å². The summed E-state index contributed by atoms with van der Waals surface area (Å²) in [4.78, 5) is 17.9. The van der Waals surface area contributed by atoms with Crippen molar-refractivity contribution in [3.8, 4) is 11.1 Å². The lowest BCUT2D eigenvalue weighted by atomic mass is 10.1. The zero-order valence-electron chi connectivity index (χ0n) is 11.8. The van der Waals surface area contributed by atoms with Gasteiger partial charge >= 0.3 is 0 Å². The van der Waals surface area contributed by atoms with Crippen molar-refractivity contribution in [2.75, 3.05) is 0 Å². The molecule has 0 unspecified atom stereocenters. The van der Waals surface area contributed by atoms with Crippen LogP contribution in [0.1, 0.15) is 13.8 Å². The van der Waals surface area contributed by atoms with Gasteiger partial charge in [-0.1, -0.05) is 41.9 Å². The molecule has 0 atom stereocenters. The molecule has 3 aromatic rings. The smallest absolute Gasteiger partial charge is 0.262 e. The lowest BCUT2D eigenvalue weighted by Gasteiger charge is -2.08. The van der Waals surface area contributed by atoms with Crippen LogP contribution in [-0.4, -0.2) is 9.55 Å². The van der Waals surface area contributed by atoms with Crippen molar-refractivity contribution in [2.45, 2.75) is 20.4 Å². The fraction of sp³-hybridized carbons (Fsp3) is 0.250. The predicted octanol–water partition coefficient (Wildman–Crippen LogP) is 4.54. The Balaban J connectivity index is 2.20. The molecule has 0 aliphatic heterocycles. The molecule has 2 aromatic heterocycles. The summed E-state index contributed by atoms with van der Waals surface area (Å²) in [5, 5.41) is 2.74. The van der Waals surface area contributed by atoms with E-state index in [9.17, 15) is 4.79 Å². The van der Waals surface area contributed by atoms with Crippen LogP contribution in [0.15, 0.2) is 45.2 Å². The van der Waals surface area contributed by atoms with Gasteiger partial charge in [-0.05, 0) is 23.6 Å². The SMILES string of the molecule is CC(C)Cn1cnc2scc(-c3ccc(Br)cc3)c2c1=O. The van der Waals surface area contributed by atoms with E-state index in [1.54, 1.807) is 10.9 Å². The number of aromatic nitrogens is 2. The Morgan fingerprint density at radius 3 is 2.67 bits per heavy atom. The van der Waals surface area contributed by atoms with E-state index in [0.29, 0.717) is 12.5 Å². The Morgan fingerprint density at radius 1 is 1.29 bits per heavy atom. The summed E-state index contributed by atoms with van der Waals surface area (Å²) in [5.74, 6) is 0.414. The Labute approximate surface area is 135 Å². The molecule has 0 radical (unpaired) electrons. The molecule has 0 aliphatic rings. The molecular weight excluding hydrogens is 348 g/mol. The zero-order valence-corrected chi connectivity index (χ0v) is 14.2. The Bertz CT molecular complexity index is 834. The predicted molar refractivity (Wildman–Crippen MR) is 91.9 cm³/mol. The van der Waals surface area contributed by atoms with E-state index in [0.717, 1.165) is 25.8 Å². The average molecular weight is 363 g/mol. The van der Waals surface area contributed by atoms with Crippen molar-refractivity contribution >= 4 is 37.5 Å². The highest BCUT2D eigenvalue weighted by molar-refractivity contribution is 9.10. The van der Waals surface area contributed by atoms with Crippen molar-refractivity contribution in [3.05, 3.63) is 50.8 Å². The number of rotatable bonds is 3. The molecule has 3 rings (SSSR count). The van der Waals surface area contributed by atoms with E-state index in [2.05, 4.69) is 34.8 Å². The summed E-state index contributed by atoms with van der Waals surface area (Å²) in [6.45, 7) is 4.89. The summed E-state index contributed by atoms with van der Waals surface area (Å²) < 4.78 is 2.74. The molecule has 0 N–H and O–H groups in total. The minimum absolute atomic E-state index is 0.0490.